The molecule has 19 heavy (non-hydrogen) atoms. The lowest BCUT2D eigenvalue weighted by Crippen LogP contribution is -2.36. The van der Waals surface area contributed by atoms with Crippen LogP contribution in [0, 0.1) is 0 Å². The predicted molar refractivity (Wildman–Crippen MR) is 84.0 cm³/mol. The van der Waals surface area contributed by atoms with Crippen molar-refractivity contribution in [2.75, 3.05) is 5.32 Å². The van der Waals surface area contributed by atoms with Crippen molar-refractivity contribution in [2.45, 2.75) is 31.7 Å². The molecule has 3 rings (SSSR count). The van der Waals surface area contributed by atoms with E-state index in [-0.39, 0.29) is 0 Å². The van der Waals surface area contributed by atoms with Gasteiger partial charge in [0.25, 0.3) is 0 Å². The standard InChI is InChI=1S/C12H13ClN4S2/c13-8-5-6-9-11(17-19-16-9)10(8)15-12(18)14-7-3-1-2-4-7/h5-7H,1-4H2,(H2,14,15,18). The number of benzene rings is 1. The molecule has 4 nitrogen and oxygen atoms in total. The maximum Gasteiger partial charge on any atom is 0.171 e. The number of hydrogen-bond acceptors (Lipinski definition) is 4. The molecule has 100 valence electrons. The fourth-order valence-electron chi connectivity index (χ4n) is 2.35. The molecular weight excluding hydrogens is 300 g/mol. The van der Waals surface area contributed by atoms with Gasteiger partial charge in [0.2, 0.25) is 0 Å². The van der Waals surface area contributed by atoms with Gasteiger partial charge in [-0.1, -0.05) is 24.4 Å². The predicted octanol–water partition coefficient (Wildman–Crippen LogP) is 3.57. The van der Waals surface area contributed by atoms with E-state index in [1.54, 1.807) is 0 Å². The van der Waals surface area contributed by atoms with Gasteiger partial charge in [-0.05, 0) is 37.2 Å². The van der Waals surface area contributed by atoms with Crippen molar-refractivity contribution in [3.8, 4) is 0 Å². The lowest BCUT2D eigenvalue weighted by Gasteiger charge is -2.16. The second-order valence-corrected chi connectivity index (χ2v) is 5.98. The molecule has 0 radical (unpaired) electrons. The molecule has 1 aliphatic carbocycles. The van der Waals surface area contributed by atoms with E-state index in [0.29, 0.717) is 16.2 Å². The highest BCUT2D eigenvalue weighted by atomic mass is 35.5. The summed E-state index contributed by atoms with van der Waals surface area (Å²) in [6.07, 6.45) is 4.90. The van der Waals surface area contributed by atoms with Crippen LogP contribution in [0.4, 0.5) is 5.69 Å². The summed E-state index contributed by atoms with van der Waals surface area (Å²) in [5, 5.41) is 7.70. The molecule has 1 saturated carbocycles. The number of rotatable bonds is 2. The van der Waals surface area contributed by atoms with E-state index in [2.05, 4.69) is 19.4 Å². The van der Waals surface area contributed by atoms with Crippen molar-refractivity contribution in [1.82, 2.24) is 14.1 Å². The van der Waals surface area contributed by atoms with Gasteiger partial charge in [-0.15, -0.1) is 0 Å². The lowest BCUT2D eigenvalue weighted by molar-refractivity contribution is 0.634. The van der Waals surface area contributed by atoms with Crippen molar-refractivity contribution < 1.29 is 0 Å². The third-order valence-corrected chi connectivity index (χ3v) is 4.38. The average molecular weight is 313 g/mol. The van der Waals surface area contributed by atoms with Crippen LogP contribution in [0.5, 0.6) is 0 Å². The third kappa shape index (κ3) is 2.80. The Morgan fingerprint density at radius 2 is 2.11 bits per heavy atom. The molecule has 1 fully saturated rings. The summed E-state index contributed by atoms with van der Waals surface area (Å²) in [6, 6.07) is 4.15. The van der Waals surface area contributed by atoms with Crippen LogP contribution in [0.3, 0.4) is 0 Å². The van der Waals surface area contributed by atoms with Crippen LogP contribution in [-0.4, -0.2) is 19.9 Å². The normalized spacial score (nSPS) is 15.8. The quantitative estimate of drug-likeness (QED) is 0.830. The molecule has 2 N–H and O–H groups in total. The molecule has 1 aromatic carbocycles. The fraction of sp³-hybridized carbons (Fsp3) is 0.417. The second kappa shape index (κ2) is 5.56. The van der Waals surface area contributed by atoms with Crippen LogP contribution in [0.25, 0.3) is 11.0 Å². The molecule has 1 aliphatic rings. The highest BCUT2D eigenvalue weighted by Crippen LogP contribution is 2.30. The Kier molecular flexibility index (Phi) is 3.81. The van der Waals surface area contributed by atoms with Crippen LogP contribution in [-0.2, 0) is 0 Å². The molecule has 7 heteroatoms. The number of fused-ring (bicyclic) bond motifs is 1. The first-order valence-corrected chi connectivity index (χ1v) is 7.74. The second-order valence-electron chi connectivity index (χ2n) is 4.63. The van der Waals surface area contributed by atoms with E-state index in [1.165, 1.54) is 37.4 Å². The van der Waals surface area contributed by atoms with E-state index in [4.69, 9.17) is 23.8 Å². The fourth-order valence-corrected chi connectivity index (χ4v) is 3.36. The van der Waals surface area contributed by atoms with E-state index in [0.717, 1.165) is 16.7 Å². The SMILES string of the molecule is S=C(Nc1c(Cl)ccc2nsnc12)NC1CCCC1. The summed E-state index contributed by atoms with van der Waals surface area (Å²) in [5.74, 6) is 0. The first-order valence-electron chi connectivity index (χ1n) is 6.22. The number of nitrogens with one attached hydrogen (secondary N) is 2. The van der Waals surface area contributed by atoms with Gasteiger partial charge in [0.1, 0.15) is 11.0 Å². The van der Waals surface area contributed by atoms with Gasteiger partial charge in [0, 0.05) is 6.04 Å². The number of nitrogens with zero attached hydrogens (tertiary/aromatic N) is 2. The molecule has 1 heterocycles. The topological polar surface area (TPSA) is 49.8 Å². The summed E-state index contributed by atoms with van der Waals surface area (Å²) in [6.45, 7) is 0. The summed E-state index contributed by atoms with van der Waals surface area (Å²) >= 11 is 12.7. The molecule has 2 aromatic rings. The highest BCUT2D eigenvalue weighted by Gasteiger charge is 2.17. The number of aromatic nitrogens is 2. The van der Waals surface area contributed by atoms with Gasteiger partial charge in [-0.25, -0.2) is 0 Å². The van der Waals surface area contributed by atoms with Gasteiger partial charge in [0.15, 0.2) is 5.11 Å². The largest absolute Gasteiger partial charge is 0.360 e. The van der Waals surface area contributed by atoms with Gasteiger partial charge in [-0.2, -0.15) is 8.75 Å². The van der Waals surface area contributed by atoms with E-state index in [9.17, 15) is 0 Å². The summed E-state index contributed by atoms with van der Waals surface area (Å²) < 4.78 is 8.46. The maximum atomic E-state index is 6.21. The molecule has 0 spiro atoms. The molecule has 0 saturated heterocycles. The number of anilines is 1. The smallest absolute Gasteiger partial charge is 0.171 e. The van der Waals surface area contributed by atoms with Crippen LogP contribution < -0.4 is 10.6 Å². The Morgan fingerprint density at radius 1 is 1.32 bits per heavy atom. The zero-order chi connectivity index (χ0) is 13.2. The van der Waals surface area contributed by atoms with Crippen molar-refractivity contribution in [3.05, 3.63) is 17.2 Å². The molecule has 0 unspecified atom stereocenters. The first kappa shape index (κ1) is 13.0. The van der Waals surface area contributed by atoms with Crippen molar-refractivity contribution >= 4 is 57.4 Å². The number of thiocarbonyl (C=S) groups is 1. The summed E-state index contributed by atoms with van der Waals surface area (Å²) in [7, 11) is 0. The molecule has 0 atom stereocenters. The molecule has 1 aromatic heterocycles. The molecule has 0 bridgehead atoms. The average Bonchev–Trinajstić information content (AvgIpc) is 3.03. The van der Waals surface area contributed by atoms with E-state index >= 15 is 0 Å². The number of halogens is 1. The lowest BCUT2D eigenvalue weighted by atomic mass is 10.2. The van der Waals surface area contributed by atoms with Crippen molar-refractivity contribution in [1.29, 1.82) is 0 Å². The van der Waals surface area contributed by atoms with Crippen LogP contribution in [0.15, 0.2) is 12.1 Å². The van der Waals surface area contributed by atoms with E-state index in [1.807, 2.05) is 12.1 Å². The maximum absolute atomic E-state index is 6.21. The third-order valence-electron chi connectivity index (χ3n) is 3.31. The Balaban J connectivity index is 1.78. The van der Waals surface area contributed by atoms with Gasteiger partial charge >= 0.3 is 0 Å². The Bertz CT molecular complexity index is 607. The molecule has 0 amide bonds. The Morgan fingerprint density at radius 3 is 2.89 bits per heavy atom. The summed E-state index contributed by atoms with van der Waals surface area (Å²) in [5.41, 5.74) is 2.34. The van der Waals surface area contributed by atoms with Crippen molar-refractivity contribution in [2.24, 2.45) is 0 Å². The zero-order valence-corrected chi connectivity index (χ0v) is 12.5. The van der Waals surface area contributed by atoms with Gasteiger partial charge in [0.05, 0.1) is 22.4 Å². The van der Waals surface area contributed by atoms with Crippen molar-refractivity contribution in [3.63, 3.8) is 0 Å². The number of hydrogen-bond donors (Lipinski definition) is 2. The Hall–Kier alpha value is -0.980. The summed E-state index contributed by atoms with van der Waals surface area (Å²) in [4.78, 5) is 0. The van der Waals surface area contributed by atoms with Gasteiger partial charge in [-0.3, -0.25) is 0 Å². The van der Waals surface area contributed by atoms with E-state index < -0.39 is 0 Å². The minimum absolute atomic E-state index is 0.478. The van der Waals surface area contributed by atoms with Crippen LogP contribution in [0.2, 0.25) is 5.02 Å². The Labute approximate surface area is 125 Å². The van der Waals surface area contributed by atoms with Crippen LogP contribution >= 0.6 is 35.5 Å². The zero-order valence-electron chi connectivity index (χ0n) is 10.1. The van der Waals surface area contributed by atoms with Crippen LogP contribution in [0.1, 0.15) is 25.7 Å². The minimum Gasteiger partial charge on any atom is -0.360 e. The highest BCUT2D eigenvalue weighted by molar-refractivity contribution is 7.80. The molecular formula is C12H13ClN4S2. The van der Waals surface area contributed by atoms with Gasteiger partial charge < -0.3 is 10.6 Å². The molecule has 0 aliphatic heterocycles. The monoisotopic (exact) mass is 312 g/mol. The minimum atomic E-state index is 0.478. The first-order chi connectivity index (χ1) is 9.24.